The molecule has 0 saturated carbocycles. The smallest absolute Gasteiger partial charge is 0.232 e. The largest absolute Gasteiger partial charge is 0.497 e. The zero-order valence-corrected chi connectivity index (χ0v) is 15.8. The van der Waals surface area contributed by atoms with Crippen LogP contribution in [0.5, 0.6) is 17.2 Å². The summed E-state index contributed by atoms with van der Waals surface area (Å²) < 4.78 is 16.9. The maximum absolute atomic E-state index is 12.7. The van der Waals surface area contributed by atoms with Crippen molar-refractivity contribution in [2.75, 3.05) is 7.11 Å². The van der Waals surface area contributed by atoms with E-state index in [4.69, 9.17) is 14.2 Å². The molecule has 0 saturated heterocycles. The Labute approximate surface area is 164 Å². The first-order valence-corrected chi connectivity index (χ1v) is 9.04. The van der Waals surface area contributed by atoms with Crippen LogP contribution in [0, 0.1) is 6.92 Å². The molecule has 0 radical (unpaired) electrons. The first kappa shape index (κ1) is 17.9. The van der Waals surface area contributed by atoms with Crippen molar-refractivity contribution < 1.29 is 19.0 Å². The van der Waals surface area contributed by atoms with Crippen molar-refractivity contribution in [3.8, 4) is 17.2 Å². The molecule has 0 amide bonds. The molecule has 140 valence electrons. The molecule has 0 unspecified atom stereocenters. The van der Waals surface area contributed by atoms with Crippen LogP contribution in [0.1, 0.15) is 27.0 Å². The lowest BCUT2D eigenvalue weighted by Gasteiger charge is -2.09. The van der Waals surface area contributed by atoms with E-state index in [0.717, 1.165) is 22.4 Å². The van der Waals surface area contributed by atoms with Gasteiger partial charge in [0.25, 0.3) is 0 Å². The van der Waals surface area contributed by atoms with Crippen LogP contribution in [0.3, 0.4) is 0 Å². The van der Waals surface area contributed by atoms with Gasteiger partial charge in [0.1, 0.15) is 23.9 Å². The normalized spacial score (nSPS) is 13.9. The molecule has 0 fully saturated rings. The Morgan fingerprint density at radius 2 is 1.71 bits per heavy atom. The first-order valence-electron chi connectivity index (χ1n) is 9.04. The SMILES string of the molecule is COc1ccc(COc2cc(C)c3c(c2)O/C(=C\c2ccccc2)C3=O)cc1. The fraction of sp³-hybridized carbons (Fsp3) is 0.125. The second-order valence-corrected chi connectivity index (χ2v) is 6.60. The van der Waals surface area contributed by atoms with E-state index in [2.05, 4.69) is 0 Å². The Morgan fingerprint density at radius 1 is 0.964 bits per heavy atom. The summed E-state index contributed by atoms with van der Waals surface area (Å²) in [5.74, 6) is 2.24. The second-order valence-electron chi connectivity index (χ2n) is 6.60. The third-order valence-electron chi connectivity index (χ3n) is 4.61. The van der Waals surface area contributed by atoms with Gasteiger partial charge < -0.3 is 14.2 Å². The molecule has 0 N–H and O–H groups in total. The number of fused-ring (bicyclic) bond motifs is 1. The minimum absolute atomic E-state index is 0.0990. The lowest BCUT2D eigenvalue weighted by atomic mass is 10.0. The van der Waals surface area contributed by atoms with Crippen LogP contribution < -0.4 is 14.2 Å². The van der Waals surface area contributed by atoms with E-state index in [0.29, 0.717) is 29.4 Å². The molecule has 4 heteroatoms. The average Bonchev–Trinajstić information content (AvgIpc) is 3.03. The lowest BCUT2D eigenvalue weighted by Crippen LogP contribution is -2.00. The molecule has 28 heavy (non-hydrogen) atoms. The van der Waals surface area contributed by atoms with Gasteiger partial charge in [0.15, 0.2) is 5.76 Å². The second kappa shape index (κ2) is 7.61. The summed E-state index contributed by atoms with van der Waals surface area (Å²) >= 11 is 0. The molecule has 0 spiro atoms. The van der Waals surface area contributed by atoms with Crippen molar-refractivity contribution in [3.05, 3.63) is 94.7 Å². The van der Waals surface area contributed by atoms with Gasteiger partial charge in [-0.2, -0.15) is 0 Å². The van der Waals surface area contributed by atoms with Crippen LogP contribution in [-0.4, -0.2) is 12.9 Å². The highest BCUT2D eigenvalue weighted by Crippen LogP contribution is 2.37. The van der Waals surface area contributed by atoms with Gasteiger partial charge >= 0.3 is 0 Å². The molecule has 0 aliphatic carbocycles. The fourth-order valence-electron chi connectivity index (χ4n) is 3.15. The standard InChI is InChI=1S/C24H20O4/c1-16-12-20(27-15-18-8-10-19(26-2)11-9-18)14-21-23(16)24(25)22(28-21)13-17-6-4-3-5-7-17/h3-14H,15H2,1-2H3/b22-13-. The zero-order valence-electron chi connectivity index (χ0n) is 15.8. The maximum atomic E-state index is 12.7. The molecule has 3 aromatic carbocycles. The van der Waals surface area contributed by atoms with E-state index < -0.39 is 0 Å². The highest BCUT2D eigenvalue weighted by molar-refractivity contribution is 6.15. The monoisotopic (exact) mass is 372 g/mol. The van der Waals surface area contributed by atoms with E-state index in [9.17, 15) is 4.79 Å². The van der Waals surface area contributed by atoms with E-state index >= 15 is 0 Å². The molecule has 0 aromatic heterocycles. The van der Waals surface area contributed by atoms with E-state index in [1.807, 2.05) is 67.6 Å². The van der Waals surface area contributed by atoms with Crippen molar-refractivity contribution in [1.29, 1.82) is 0 Å². The van der Waals surface area contributed by atoms with Crippen LogP contribution in [0.25, 0.3) is 6.08 Å². The zero-order chi connectivity index (χ0) is 19.5. The van der Waals surface area contributed by atoms with E-state index in [-0.39, 0.29) is 5.78 Å². The summed E-state index contributed by atoms with van der Waals surface area (Å²) in [5.41, 5.74) is 3.38. The maximum Gasteiger partial charge on any atom is 0.232 e. The number of hydrogen-bond donors (Lipinski definition) is 0. The number of carbonyl (C=O) groups is 1. The summed E-state index contributed by atoms with van der Waals surface area (Å²) in [6, 6.07) is 21.0. The predicted molar refractivity (Wildman–Crippen MR) is 108 cm³/mol. The Morgan fingerprint density at radius 3 is 2.43 bits per heavy atom. The number of ether oxygens (including phenoxy) is 3. The summed E-state index contributed by atoms with van der Waals surface area (Å²) in [4.78, 5) is 12.7. The lowest BCUT2D eigenvalue weighted by molar-refractivity contribution is 0.101. The molecule has 3 aromatic rings. The molecule has 4 nitrogen and oxygen atoms in total. The van der Waals surface area contributed by atoms with Gasteiger partial charge in [-0.15, -0.1) is 0 Å². The third-order valence-corrected chi connectivity index (χ3v) is 4.61. The van der Waals surface area contributed by atoms with Crippen LogP contribution in [0.15, 0.2) is 72.5 Å². The number of hydrogen-bond acceptors (Lipinski definition) is 4. The molecule has 0 bridgehead atoms. The number of allylic oxidation sites excluding steroid dienone is 1. The number of ketones is 1. The molecule has 0 atom stereocenters. The summed E-state index contributed by atoms with van der Waals surface area (Å²) in [6.45, 7) is 2.31. The number of methoxy groups -OCH3 is 1. The van der Waals surface area contributed by atoms with Gasteiger partial charge in [-0.05, 0) is 47.9 Å². The number of aryl methyl sites for hydroxylation is 1. The number of carbonyl (C=O) groups excluding carboxylic acids is 1. The van der Waals surface area contributed by atoms with Gasteiger partial charge in [0.2, 0.25) is 5.78 Å². The molecule has 1 heterocycles. The molecular weight excluding hydrogens is 352 g/mol. The first-order chi connectivity index (χ1) is 13.6. The van der Waals surface area contributed by atoms with Crippen LogP contribution in [-0.2, 0) is 6.61 Å². The van der Waals surface area contributed by atoms with E-state index in [1.165, 1.54) is 0 Å². The van der Waals surface area contributed by atoms with Gasteiger partial charge in [-0.25, -0.2) is 0 Å². The summed E-state index contributed by atoms with van der Waals surface area (Å²) in [7, 11) is 1.64. The Balaban J connectivity index is 1.53. The number of Topliss-reactive ketones (excluding diaryl/α,β-unsaturated/α-hetero) is 1. The molecule has 1 aliphatic rings. The minimum Gasteiger partial charge on any atom is -0.497 e. The van der Waals surface area contributed by atoms with Crippen LogP contribution >= 0.6 is 0 Å². The quantitative estimate of drug-likeness (QED) is 0.578. The highest BCUT2D eigenvalue weighted by Gasteiger charge is 2.30. The van der Waals surface area contributed by atoms with Crippen molar-refractivity contribution in [2.24, 2.45) is 0 Å². The van der Waals surface area contributed by atoms with Crippen molar-refractivity contribution in [1.82, 2.24) is 0 Å². The highest BCUT2D eigenvalue weighted by atomic mass is 16.5. The Hall–Kier alpha value is -3.53. The van der Waals surface area contributed by atoms with Crippen molar-refractivity contribution in [3.63, 3.8) is 0 Å². The van der Waals surface area contributed by atoms with Crippen LogP contribution in [0.4, 0.5) is 0 Å². The number of benzene rings is 3. The van der Waals surface area contributed by atoms with Gasteiger partial charge in [-0.3, -0.25) is 4.79 Å². The number of rotatable bonds is 5. The Bertz CT molecular complexity index is 1030. The summed E-state index contributed by atoms with van der Waals surface area (Å²) in [6.07, 6.45) is 1.76. The Kier molecular flexibility index (Phi) is 4.85. The minimum atomic E-state index is -0.0990. The molecular formula is C24H20O4. The van der Waals surface area contributed by atoms with Crippen LogP contribution in [0.2, 0.25) is 0 Å². The van der Waals surface area contributed by atoms with Gasteiger partial charge in [0, 0.05) is 6.07 Å². The molecule has 1 aliphatic heterocycles. The van der Waals surface area contributed by atoms with Gasteiger partial charge in [0.05, 0.1) is 12.7 Å². The van der Waals surface area contributed by atoms with Crippen molar-refractivity contribution >= 4 is 11.9 Å². The van der Waals surface area contributed by atoms with Gasteiger partial charge in [-0.1, -0.05) is 42.5 Å². The topological polar surface area (TPSA) is 44.8 Å². The predicted octanol–water partition coefficient (Wildman–Crippen LogP) is 5.20. The van der Waals surface area contributed by atoms with Crippen molar-refractivity contribution in [2.45, 2.75) is 13.5 Å². The fourth-order valence-corrected chi connectivity index (χ4v) is 3.15. The molecule has 4 rings (SSSR count). The summed E-state index contributed by atoms with van der Waals surface area (Å²) in [5, 5.41) is 0. The van der Waals surface area contributed by atoms with E-state index in [1.54, 1.807) is 19.3 Å². The third kappa shape index (κ3) is 3.62. The average molecular weight is 372 g/mol.